The van der Waals surface area contributed by atoms with Crippen LogP contribution in [0, 0.1) is 25.5 Å². The quantitative estimate of drug-likeness (QED) is 0.473. The van der Waals surface area contributed by atoms with E-state index in [0.717, 1.165) is 28.4 Å². The molecule has 0 saturated heterocycles. The van der Waals surface area contributed by atoms with Gasteiger partial charge in [0.05, 0.1) is 0 Å². The molecule has 0 saturated carbocycles. The molecule has 0 amide bonds. The van der Waals surface area contributed by atoms with Crippen LogP contribution >= 0.6 is 11.8 Å². The number of benzene rings is 2. The fraction of sp³-hybridized carbons (Fsp3) is 0.158. The Morgan fingerprint density at radius 1 is 0.917 bits per heavy atom. The van der Waals surface area contributed by atoms with Crippen molar-refractivity contribution in [3.63, 3.8) is 0 Å². The molecule has 0 spiro atoms. The predicted molar refractivity (Wildman–Crippen MR) is 92.9 cm³/mol. The molecule has 3 aromatic rings. The SMILES string of the molecule is Cc1ccc(-c2nc(C)cc(SCc3cc(F)ccc3F)n2)cc1. The van der Waals surface area contributed by atoms with E-state index in [0.29, 0.717) is 17.1 Å². The molecule has 1 aromatic heterocycles. The number of thioether (sulfide) groups is 1. The maximum absolute atomic E-state index is 13.7. The third-order valence-electron chi connectivity index (χ3n) is 3.52. The Labute approximate surface area is 144 Å². The van der Waals surface area contributed by atoms with Crippen molar-refractivity contribution in [3.8, 4) is 11.4 Å². The summed E-state index contributed by atoms with van der Waals surface area (Å²) >= 11 is 1.36. The molecule has 5 heteroatoms. The molecular formula is C19H16F2N2S. The lowest BCUT2D eigenvalue weighted by Gasteiger charge is -2.07. The van der Waals surface area contributed by atoms with Crippen LogP contribution < -0.4 is 0 Å². The Hall–Kier alpha value is -2.27. The van der Waals surface area contributed by atoms with Crippen molar-refractivity contribution in [2.45, 2.75) is 24.6 Å². The molecule has 0 atom stereocenters. The second-order valence-corrected chi connectivity index (χ2v) is 6.56. The summed E-state index contributed by atoms with van der Waals surface area (Å²) in [6.07, 6.45) is 0. The van der Waals surface area contributed by atoms with Crippen LogP contribution in [0.2, 0.25) is 0 Å². The summed E-state index contributed by atoms with van der Waals surface area (Å²) in [4.78, 5) is 9.00. The fourth-order valence-corrected chi connectivity index (χ4v) is 3.18. The molecule has 1 heterocycles. The minimum absolute atomic E-state index is 0.313. The van der Waals surface area contributed by atoms with Gasteiger partial charge in [-0.3, -0.25) is 0 Å². The van der Waals surface area contributed by atoms with Crippen LogP contribution in [0.15, 0.2) is 53.6 Å². The molecule has 0 aliphatic rings. The number of nitrogens with zero attached hydrogens (tertiary/aromatic N) is 2. The van der Waals surface area contributed by atoms with E-state index in [1.165, 1.54) is 23.4 Å². The Bertz CT molecular complexity index is 864. The lowest BCUT2D eigenvalue weighted by Crippen LogP contribution is -1.95. The average molecular weight is 342 g/mol. The van der Waals surface area contributed by atoms with Crippen molar-refractivity contribution in [3.05, 3.63) is 77.0 Å². The molecular weight excluding hydrogens is 326 g/mol. The highest BCUT2D eigenvalue weighted by molar-refractivity contribution is 7.98. The predicted octanol–water partition coefficient (Wildman–Crippen LogP) is 5.33. The molecule has 122 valence electrons. The number of aromatic nitrogens is 2. The highest BCUT2D eigenvalue weighted by Gasteiger charge is 2.08. The van der Waals surface area contributed by atoms with E-state index in [1.807, 2.05) is 44.2 Å². The van der Waals surface area contributed by atoms with Crippen molar-refractivity contribution in [2.75, 3.05) is 0 Å². The number of hydrogen-bond donors (Lipinski definition) is 0. The maximum atomic E-state index is 13.7. The first-order valence-electron chi connectivity index (χ1n) is 7.51. The first kappa shape index (κ1) is 16.6. The van der Waals surface area contributed by atoms with Crippen LogP contribution in [0.5, 0.6) is 0 Å². The van der Waals surface area contributed by atoms with Crippen molar-refractivity contribution in [2.24, 2.45) is 0 Å². The van der Waals surface area contributed by atoms with Crippen LogP contribution in [0.3, 0.4) is 0 Å². The topological polar surface area (TPSA) is 25.8 Å². The van der Waals surface area contributed by atoms with Gasteiger partial charge in [0.15, 0.2) is 5.82 Å². The standard InChI is InChI=1S/C19H16F2N2S/c1-12-3-5-14(6-4-12)19-22-13(2)9-18(23-19)24-11-15-10-16(20)7-8-17(15)21/h3-10H,11H2,1-2H3. The van der Waals surface area contributed by atoms with Gasteiger partial charge in [-0.05, 0) is 38.1 Å². The summed E-state index contributed by atoms with van der Waals surface area (Å²) in [5.74, 6) is 0.102. The van der Waals surface area contributed by atoms with E-state index in [2.05, 4.69) is 9.97 Å². The Morgan fingerprint density at radius 3 is 2.42 bits per heavy atom. The van der Waals surface area contributed by atoms with Gasteiger partial charge in [0, 0.05) is 22.6 Å². The van der Waals surface area contributed by atoms with Gasteiger partial charge in [-0.15, -0.1) is 11.8 Å². The second kappa shape index (κ2) is 7.09. The second-order valence-electron chi connectivity index (χ2n) is 5.56. The molecule has 0 aliphatic carbocycles. The van der Waals surface area contributed by atoms with Crippen LogP contribution in [0.4, 0.5) is 8.78 Å². The highest BCUT2D eigenvalue weighted by atomic mass is 32.2. The zero-order valence-corrected chi connectivity index (χ0v) is 14.2. The summed E-state index contributed by atoms with van der Waals surface area (Å²) < 4.78 is 27.0. The molecule has 3 rings (SSSR count). The number of hydrogen-bond acceptors (Lipinski definition) is 3. The summed E-state index contributed by atoms with van der Waals surface area (Å²) in [6, 6.07) is 13.3. The maximum Gasteiger partial charge on any atom is 0.160 e. The van der Waals surface area contributed by atoms with E-state index in [9.17, 15) is 8.78 Å². The summed E-state index contributed by atoms with van der Waals surface area (Å²) in [5.41, 5.74) is 3.27. The van der Waals surface area contributed by atoms with Crippen molar-refractivity contribution < 1.29 is 8.78 Å². The van der Waals surface area contributed by atoms with Gasteiger partial charge < -0.3 is 0 Å². The Morgan fingerprint density at radius 2 is 1.67 bits per heavy atom. The molecule has 0 radical (unpaired) electrons. The normalized spacial score (nSPS) is 10.8. The van der Waals surface area contributed by atoms with Crippen molar-refractivity contribution in [1.29, 1.82) is 0 Å². The third-order valence-corrected chi connectivity index (χ3v) is 4.48. The molecule has 2 nitrogen and oxygen atoms in total. The molecule has 0 unspecified atom stereocenters. The van der Waals surface area contributed by atoms with Gasteiger partial charge >= 0.3 is 0 Å². The lowest BCUT2D eigenvalue weighted by atomic mass is 10.1. The minimum atomic E-state index is -0.439. The summed E-state index contributed by atoms with van der Waals surface area (Å²) in [5, 5.41) is 0.738. The lowest BCUT2D eigenvalue weighted by molar-refractivity contribution is 0.591. The molecule has 2 aromatic carbocycles. The summed E-state index contributed by atoms with van der Waals surface area (Å²) in [6.45, 7) is 3.92. The molecule has 24 heavy (non-hydrogen) atoms. The average Bonchev–Trinajstić information content (AvgIpc) is 2.56. The zero-order chi connectivity index (χ0) is 17.1. The molecule has 0 N–H and O–H groups in total. The van der Waals surface area contributed by atoms with Crippen molar-refractivity contribution >= 4 is 11.8 Å². The largest absolute Gasteiger partial charge is 0.233 e. The molecule has 0 aliphatic heterocycles. The van der Waals surface area contributed by atoms with Gasteiger partial charge in [0.2, 0.25) is 0 Å². The third kappa shape index (κ3) is 3.97. The van der Waals surface area contributed by atoms with Crippen molar-refractivity contribution in [1.82, 2.24) is 9.97 Å². The minimum Gasteiger partial charge on any atom is -0.233 e. The van der Waals surface area contributed by atoms with Gasteiger partial charge in [-0.25, -0.2) is 18.7 Å². The van der Waals surface area contributed by atoms with E-state index in [4.69, 9.17) is 0 Å². The molecule has 0 bridgehead atoms. The monoisotopic (exact) mass is 342 g/mol. The zero-order valence-electron chi connectivity index (χ0n) is 13.4. The van der Waals surface area contributed by atoms with Crippen LogP contribution in [-0.2, 0) is 5.75 Å². The van der Waals surface area contributed by atoms with E-state index in [-0.39, 0.29) is 0 Å². The van der Waals surface area contributed by atoms with Crippen LogP contribution in [-0.4, -0.2) is 9.97 Å². The van der Waals surface area contributed by atoms with E-state index in [1.54, 1.807) is 0 Å². The van der Waals surface area contributed by atoms with Gasteiger partial charge in [0.1, 0.15) is 16.7 Å². The Kier molecular flexibility index (Phi) is 4.90. The van der Waals surface area contributed by atoms with Gasteiger partial charge in [-0.2, -0.15) is 0 Å². The smallest absolute Gasteiger partial charge is 0.160 e. The van der Waals surface area contributed by atoms with Gasteiger partial charge in [0.25, 0.3) is 0 Å². The van der Waals surface area contributed by atoms with E-state index >= 15 is 0 Å². The summed E-state index contributed by atoms with van der Waals surface area (Å²) in [7, 11) is 0. The van der Waals surface area contributed by atoms with Crippen LogP contribution in [0.1, 0.15) is 16.8 Å². The number of rotatable bonds is 4. The Balaban J connectivity index is 1.83. The fourth-order valence-electron chi connectivity index (χ4n) is 2.25. The first-order valence-corrected chi connectivity index (χ1v) is 8.49. The van der Waals surface area contributed by atoms with Gasteiger partial charge in [-0.1, -0.05) is 29.8 Å². The highest BCUT2D eigenvalue weighted by Crippen LogP contribution is 2.26. The van der Waals surface area contributed by atoms with E-state index < -0.39 is 11.6 Å². The van der Waals surface area contributed by atoms with Crippen LogP contribution in [0.25, 0.3) is 11.4 Å². The number of halogens is 2. The first-order chi connectivity index (χ1) is 11.5. The molecule has 0 fully saturated rings. The number of aryl methyl sites for hydroxylation is 2.